The first-order chi connectivity index (χ1) is 15.4. The number of benzene rings is 2. The van der Waals surface area contributed by atoms with E-state index in [0.717, 1.165) is 24.2 Å². The second kappa shape index (κ2) is 11.1. The van der Waals surface area contributed by atoms with E-state index in [2.05, 4.69) is 16.6 Å². The van der Waals surface area contributed by atoms with E-state index in [0.29, 0.717) is 25.1 Å². The van der Waals surface area contributed by atoms with Gasteiger partial charge in [0.2, 0.25) is 0 Å². The maximum absolute atomic E-state index is 13.1. The first-order valence-electron chi connectivity index (χ1n) is 10.9. The van der Waals surface area contributed by atoms with Crippen molar-refractivity contribution in [2.45, 2.75) is 45.3 Å². The average molecular weight is 443 g/mol. The van der Waals surface area contributed by atoms with E-state index in [1.807, 2.05) is 36.1 Å². The SMILES string of the molecule is COC(=O)CCc1ccc(OCC(=O)N2C[C@H](C)N(Cc3ccc(F)cc3)C[C@H]2C)cc1. The van der Waals surface area contributed by atoms with E-state index in [-0.39, 0.29) is 36.4 Å². The molecule has 1 saturated heterocycles. The van der Waals surface area contributed by atoms with E-state index < -0.39 is 0 Å². The molecular formula is C25H31FN2O4. The molecule has 172 valence electrons. The minimum absolute atomic E-state index is 0.0173. The van der Waals surface area contributed by atoms with Crippen LogP contribution in [0.4, 0.5) is 4.39 Å². The first-order valence-corrected chi connectivity index (χ1v) is 10.9. The number of methoxy groups -OCH3 is 1. The zero-order chi connectivity index (χ0) is 23.1. The molecule has 2 aromatic rings. The number of halogens is 1. The third-order valence-corrected chi connectivity index (χ3v) is 5.87. The number of ether oxygens (including phenoxy) is 2. The summed E-state index contributed by atoms with van der Waals surface area (Å²) >= 11 is 0. The number of carbonyl (C=O) groups is 2. The summed E-state index contributed by atoms with van der Waals surface area (Å²) in [7, 11) is 1.38. The topological polar surface area (TPSA) is 59.1 Å². The van der Waals surface area contributed by atoms with Crippen LogP contribution in [0.5, 0.6) is 5.75 Å². The van der Waals surface area contributed by atoms with Crippen molar-refractivity contribution in [3.63, 3.8) is 0 Å². The van der Waals surface area contributed by atoms with E-state index in [1.165, 1.54) is 19.2 Å². The average Bonchev–Trinajstić information content (AvgIpc) is 2.80. The molecule has 0 aliphatic carbocycles. The highest BCUT2D eigenvalue weighted by molar-refractivity contribution is 5.78. The summed E-state index contributed by atoms with van der Waals surface area (Å²) in [6.45, 7) is 6.22. The molecule has 1 fully saturated rings. The Hall–Kier alpha value is -2.93. The molecule has 0 saturated carbocycles. The summed E-state index contributed by atoms with van der Waals surface area (Å²) in [5.74, 6) is 0.106. The standard InChI is InChI=1S/C25H31FN2O4/c1-18-15-28(19(2)14-27(18)16-21-4-9-22(26)10-5-21)24(29)17-32-23-11-6-20(7-12-23)8-13-25(30)31-3/h4-7,9-12,18-19H,8,13-17H2,1-3H3/t18-,19+/m0/s1. The Morgan fingerprint density at radius 1 is 0.969 bits per heavy atom. The van der Waals surface area contributed by atoms with Gasteiger partial charge in [0.05, 0.1) is 7.11 Å². The van der Waals surface area contributed by atoms with Crippen LogP contribution in [0, 0.1) is 5.82 Å². The highest BCUT2D eigenvalue weighted by atomic mass is 19.1. The lowest BCUT2D eigenvalue weighted by Crippen LogP contribution is -2.58. The fraction of sp³-hybridized carbons (Fsp3) is 0.440. The number of nitrogens with zero attached hydrogens (tertiary/aromatic N) is 2. The molecule has 7 heteroatoms. The largest absolute Gasteiger partial charge is 0.484 e. The Morgan fingerprint density at radius 2 is 1.62 bits per heavy atom. The molecule has 0 radical (unpaired) electrons. The molecule has 0 spiro atoms. The Balaban J connectivity index is 1.48. The second-order valence-electron chi connectivity index (χ2n) is 8.31. The van der Waals surface area contributed by atoms with Crippen LogP contribution in [0.3, 0.4) is 0 Å². The third kappa shape index (κ3) is 6.53. The summed E-state index contributed by atoms with van der Waals surface area (Å²) in [6, 6.07) is 14.2. The molecule has 0 N–H and O–H groups in total. The maximum atomic E-state index is 13.1. The van der Waals surface area contributed by atoms with Gasteiger partial charge in [-0.3, -0.25) is 14.5 Å². The Morgan fingerprint density at radius 3 is 2.28 bits per heavy atom. The second-order valence-corrected chi connectivity index (χ2v) is 8.31. The maximum Gasteiger partial charge on any atom is 0.305 e. The molecule has 2 atom stereocenters. The number of hydrogen-bond acceptors (Lipinski definition) is 5. The minimum atomic E-state index is -0.239. The van der Waals surface area contributed by atoms with Crippen molar-refractivity contribution >= 4 is 11.9 Å². The predicted octanol–water partition coefficient (Wildman–Crippen LogP) is 3.43. The van der Waals surface area contributed by atoms with E-state index in [1.54, 1.807) is 12.1 Å². The van der Waals surface area contributed by atoms with Crippen LogP contribution in [0.2, 0.25) is 0 Å². The molecule has 0 aromatic heterocycles. The summed E-state index contributed by atoms with van der Waals surface area (Å²) in [5, 5.41) is 0. The molecule has 1 heterocycles. The fourth-order valence-electron chi connectivity index (χ4n) is 3.92. The zero-order valence-electron chi connectivity index (χ0n) is 18.9. The Bertz CT molecular complexity index is 901. The van der Waals surface area contributed by atoms with Crippen LogP contribution in [-0.2, 0) is 27.3 Å². The highest BCUT2D eigenvalue weighted by Gasteiger charge is 2.32. The molecule has 0 unspecified atom stereocenters. The Kier molecular flexibility index (Phi) is 8.22. The quantitative estimate of drug-likeness (QED) is 0.587. The number of amides is 1. The van der Waals surface area contributed by atoms with Crippen molar-refractivity contribution in [1.82, 2.24) is 9.80 Å². The normalized spacial score (nSPS) is 18.9. The van der Waals surface area contributed by atoms with Crippen LogP contribution in [0.15, 0.2) is 48.5 Å². The van der Waals surface area contributed by atoms with Crippen molar-refractivity contribution in [1.29, 1.82) is 0 Å². The van der Waals surface area contributed by atoms with Gasteiger partial charge in [-0.25, -0.2) is 4.39 Å². The third-order valence-electron chi connectivity index (χ3n) is 5.87. The van der Waals surface area contributed by atoms with Gasteiger partial charge in [-0.05, 0) is 55.7 Å². The van der Waals surface area contributed by atoms with Gasteiger partial charge in [0.1, 0.15) is 11.6 Å². The van der Waals surface area contributed by atoms with Crippen molar-refractivity contribution < 1.29 is 23.5 Å². The molecule has 1 aliphatic heterocycles. The van der Waals surface area contributed by atoms with Crippen LogP contribution < -0.4 is 4.74 Å². The van der Waals surface area contributed by atoms with Crippen molar-refractivity contribution in [2.75, 3.05) is 26.8 Å². The summed E-state index contributed by atoms with van der Waals surface area (Å²) in [5.41, 5.74) is 2.07. The highest BCUT2D eigenvalue weighted by Crippen LogP contribution is 2.19. The van der Waals surface area contributed by atoms with Crippen LogP contribution >= 0.6 is 0 Å². The van der Waals surface area contributed by atoms with E-state index in [4.69, 9.17) is 4.74 Å². The van der Waals surface area contributed by atoms with Crippen molar-refractivity contribution in [3.8, 4) is 5.75 Å². The minimum Gasteiger partial charge on any atom is -0.484 e. The molecule has 32 heavy (non-hydrogen) atoms. The van der Waals surface area contributed by atoms with Crippen LogP contribution in [0.1, 0.15) is 31.4 Å². The molecule has 1 aliphatic rings. The van der Waals surface area contributed by atoms with Gasteiger partial charge in [-0.2, -0.15) is 0 Å². The summed E-state index contributed by atoms with van der Waals surface area (Å²) in [6.07, 6.45) is 0.932. The lowest BCUT2D eigenvalue weighted by molar-refractivity contribution is -0.141. The number of esters is 1. The van der Waals surface area contributed by atoms with Gasteiger partial charge < -0.3 is 14.4 Å². The number of hydrogen-bond donors (Lipinski definition) is 0. The zero-order valence-corrected chi connectivity index (χ0v) is 18.9. The molecule has 1 amide bonds. The lowest BCUT2D eigenvalue weighted by atomic mass is 10.1. The van der Waals surface area contributed by atoms with E-state index in [9.17, 15) is 14.0 Å². The Labute approximate surface area is 188 Å². The van der Waals surface area contributed by atoms with Gasteiger partial charge in [0.25, 0.3) is 5.91 Å². The van der Waals surface area contributed by atoms with Gasteiger partial charge in [0, 0.05) is 38.1 Å². The van der Waals surface area contributed by atoms with Crippen LogP contribution in [0.25, 0.3) is 0 Å². The molecule has 3 rings (SSSR count). The number of piperazine rings is 1. The molecule has 2 aromatic carbocycles. The molecular weight excluding hydrogens is 411 g/mol. The van der Waals surface area contributed by atoms with Gasteiger partial charge in [-0.1, -0.05) is 24.3 Å². The summed E-state index contributed by atoms with van der Waals surface area (Å²) < 4.78 is 23.5. The number of carbonyl (C=O) groups excluding carboxylic acids is 2. The summed E-state index contributed by atoms with van der Waals surface area (Å²) in [4.78, 5) is 28.2. The van der Waals surface area contributed by atoms with E-state index >= 15 is 0 Å². The van der Waals surface area contributed by atoms with Crippen molar-refractivity contribution in [3.05, 3.63) is 65.5 Å². The van der Waals surface area contributed by atoms with Crippen LogP contribution in [-0.4, -0.2) is 60.6 Å². The van der Waals surface area contributed by atoms with Gasteiger partial charge in [-0.15, -0.1) is 0 Å². The molecule has 6 nitrogen and oxygen atoms in total. The lowest BCUT2D eigenvalue weighted by Gasteiger charge is -2.44. The fourth-order valence-corrected chi connectivity index (χ4v) is 3.92. The predicted molar refractivity (Wildman–Crippen MR) is 120 cm³/mol. The molecule has 0 bridgehead atoms. The first kappa shape index (κ1) is 23.7. The van der Waals surface area contributed by atoms with Gasteiger partial charge >= 0.3 is 5.97 Å². The van der Waals surface area contributed by atoms with Gasteiger partial charge in [0.15, 0.2) is 6.61 Å². The smallest absolute Gasteiger partial charge is 0.305 e. The number of aryl methyl sites for hydroxylation is 1. The number of rotatable bonds is 8. The van der Waals surface area contributed by atoms with Crippen molar-refractivity contribution in [2.24, 2.45) is 0 Å². The monoisotopic (exact) mass is 442 g/mol.